The second-order valence-corrected chi connectivity index (χ2v) is 12.7. The molecular weight excluding hydrogens is 585 g/mol. The summed E-state index contributed by atoms with van der Waals surface area (Å²) >= 11 is 1.82. The Morgan fingerprint density at radius 2 is 1.26 bits per heavy atom. The summed E-state index contributed by atoms with van der Waals surface area (Å²) in [5.41, 5.74) is 8.33. The number of oxazole rings is 1. The first-order valence-corrected chi connectivity index (χ1v) is 16.3. The molecule has 8 aromatic rings. The largest absolute Gasteiger partial charge is 0.624 e. The number of hydrogen-bond acceptors (Lipinski definition) is 5. The summed E-state index contributed by atoms with van der Waals surface area (Å²) in [6.45, 7) is 0. The van der Waals surface area contributed by atoms with Crippen LogP contribution in [0.3, 0.4) is 0 Å². The van der Waals surface area contributed by atoms with Gasteiger partial charge in [0.2, 0.25) is 5.89 Å². The van der Waals surface area contributed by atoms with Crippen LogP contribution in [0.1, 0.15) is 35.2 Å². The fraction of sp³-hybridized carbons (Fsp3) is 0.0750. The molecule has 0 aliphatic carbocycles. The third-order valence-electron chi connectivity index (χ3n) is 8.76. The molecule has 0 amide bonds. The molecule has 0 radical (unpaired) electrons. The fourth-order valence-electron chi connectivity index (χ4n) is 6.50. The van der Waals surface area contributed by atoms with Gasteiger partial charge in [0.1, 0.15) is 5.52 Å². The van der Waals surface area contributed by atoms with Crippen LogP contribution in [-0.4, -0.2) is 4.98 Å². The molecule has 46 heavy (non-hydrogen) atoms. The van der Waals surface area contributed by atoms with E-state index >= 15 is 0 Å². The van der Waals surface area contributed by atoms with Gasteiger partial charge in [0.05, 0.1) is 6.17 Å². The van der Waals surface area contributed by atoms with Gasteiger partial charge in [-0.25, -0.2) is 4.98 Å². The summed E-state index contributed by atoms with van der Waals surface area (Å²) < 4.78 is 8.89. The number of rotatable bonds is 5. The molecule has 1 saturated heterocycles. The molecule has 1 aliphatic heterocycles. The van der Waals surface area contributed by atoms with Crippen LogP contribution in [0.15, 0.2) is 150 Å². The average Bonchev–Trinajstić information content (AvgIpc) is 3.74. The van der Waals surface area contributed by atoms with Crippen LogP contribution in [0.4, 0.5) is 0 Å². The molecule has 6 heteroatoms. The van der Waals surface area contributed by atoms with Crippen molar-refractivity contribution in [3.05, 3.63) is 168 Å². The van der Waals surface area contributed by atoms with Gasteiger partial charge >= 0.3 is 0 Å². The van der Waals surface area contributed by atoms with Gasteiger partial charge in [0.25, 0.3) is 0 Å². The second-order valence-electron chi connectivity index (χ2n) is 11.6. The minimum atomic E-state index is -0.176. The van der Waals surface area contributed by atoms with E-state index in [-0.39, 0.29) is 18.5 Å². The Hall–Kier alpha value is -5.11. The molecule has 2 aromatic heterocycles. The fourth-order valence-corrected chi connectivity index (χ4v) is 7.78. The Morgan fingerprint density at radius 3 is 2.04 bits per heavy atom. The Kier molecular flexibility index (Phi) is 6.72. The van der Waals surface area contributed by atoms with Crippen LogP contribution in [0, 0.1) is 0 Å². The van der Waals surface area contributed by atoms with Gasteiger partial charge in [-0.15, -0.1) is 11.3 Å². The maximum atomic E-state index is 6.42. The van der Waals surface area contributed by atoms with Crippen molar-refractivity contribution in [2.45, 2.75) is 18.5 Å². The molecule has 3 unspecified atom stereocenters. The van der Waals surface area contributed by atoms with Crippen molar-refractivity contribution >= 4 is 42.6 Å². The SMILES string of the molecule is c1ccc(-c2nc3cccc(-c4cccc5c4sc4cc(C6[N-]C(c7ccccc7)NC(c7ccccc7)N6)ccc45)c3o2)cc1. The highest BCUT2D eigenvalue weighted by atomic mass is 32.1. The van der Waals surface area contributed by atoms with E-state index in [9.17, 15) is 0 Å². The molecule has 9 rings (SSSR count). The van der Waals surface area contributed by atoms with Crippen molar-refractivity contribution in [3.63, 3.8) is 0 Å². The van der Waals surface area contributed by atoms with E-state index in [0.29, 0.717) is 5.89 Å². The van der Waals surface area contributed by atoms with E-state index in [1.165, 1.54) is 25.7 Å². The van der Waals surface area contributed by atoms with Crippen molar-refractivity contribution in [2.75, 3.05) is 0 Å². The van der Waals surface area contributed by atoms with Crippen molar-refractivity contribution in [1.29, 1.82) is 0 Å². The van der Waals surface area contributed by atoms with Gasteiger partial charge in [0, 0.05) is 36.9 Å². The smallest absolute Gasteiger partial charge is 0.227 e. The van der Waals surface area contributed by atoms with Gasteiger partial charge in [-0.3, -0.25) is 0 Å². The zero-order valence-electron chi connectivity index (χ0n) is 24.8. The highest BCUT2D eigenvalue weighted by Crippen LogP contribution is 2.44. The van der Waals surface area contributed by atoms with Crippen LogP contribution in [0.25, 0.3) is 59.2 Å². The lowest BCUT2D eigenvalue weighted by Crippen LogP contribution is -2.44. The normalized spacial score (nSPS) is 18.4. The minimum Gasteiger partial charge on any atom is -0.624 e. The standard InChI is InChI=1S/C40H29N4OS/c1-4-12-25(13-5-1)37-42-38(26-14-6-2-7-15-26)44-39(43-37)28-22-23-29-31-19-10-20-32(36(31)46-34(29)24-28)30-18-11-21-33-35(30)45-40(41-33)27-16-8-3-9-17-27/h1-24,37-39,42-43H/q-1. The van der Waals surface area contributed by atoms with Crippen molar-refractivity contribution < 1.29 is 4.42 Å². The molecule has 3 heterocycles. The summed E-state index contributed by atoms with van der Waals surface area (Å²) in [6, 6.07) is 50.6. The molecule has 0 saturated carbocycles. The monoisotopic (exact) mass is 613 g/mol. The Morgan fingerprint density at radius 1 is 0.587 bits per heavy atom. The number of aromatic nitrogens is 1. The summed E-state index contributed by atoms with van der Waals surface area (Å²) in [5.74, 6) is 0.636. The van der Waals surface area contributed by atoms with Gasteiger partial charge in [-0.1, -0.05) is 145 Å². The molecule has 0 spiro atoms. The molecule has 5 nitrogen and oxygen atoms in total. The number of fused-ring (bicyclic) bond motifs is 4. The van der Waals surface area contributed by atoms with Gasteiger partial charge in [0.15, 0.2) is 5.58 Å². The molecule has 1 fully saturated rings. The number of para-hydroxylation sites is 1. The summed E-state index contributed by atoms with van der Waals surface area (Å²) in [4.78, 5) is 4.83. The van der Waals surface area contributed by atoms with Crippen molar-refractivity contribution in [3.8, 4) is 22.6 Å². The van der Waals surface area contributed by atoms with Crippen LogP contribution in [-0.2, 0) is 0 Å². The molecule has 2 N–H and O–H groups in total. The third kappa shape index (κ3) is 4.80. The Labute approximate surface area is 270 Å². The molecule has 1 aliphatic rings. The summed E-state index contributed by atoms with van der Waals surface area (Å²) in [7, 11) is 0. The highest BCUT2D eigenvalue weighted by Gasteiger charge is 2.23. The van der Waals surface area contributed by atoms with Gasteiger partial charge in [-0.05, 0) is 29.8 Å². The van der Waals surface area contributed by atoms with Crippen LogP contribution >= 0.6 is 11.3 Å². The zero-order valence-corrected chi connectivity index (χ0v) is 25.6. The molecule has 3 atom stereocenters. The maximum absolute atomic E-state index is 6.42. The van der Waals surface area contributed by atoms with Crippen LogP contribution in [0.2, 0.25) is 0 Å². The lowest BCUT2D eigenvalue weighted by atomic mass is 10.0. The molecule has 6 aromatic carbocycles. The van der Waals surface area contributed by atoms with Crippen molar-refractivity contribution in [1.82, 2.24) is 15.6 Å². The number of nitrogens with zero attached hydrogens (tertiary/aromatic N) is 2. The lowest BCUT2D eigenvalue weighted by molar-refractivity contribution is 0.316. The maximum Gasteiger partial charge on any atom is 0.227 e. The predicted octanol–water partition coefficient (Wildman–Crippen LogP) is 10.5. The van der Waals surface area contributed by atoms with Gasteiger partial charge in [-0.2, -0.15) is 0 Å². The topological polar surface area (TPSA) is 64.2 Å². The minimum absolute atomic E-state index is 0.0400. The first-order chi connectivity index (χ1) is 22.8. The summed E-state index contributed by atoms with van der Waals surface area (Å²) in [5, 5.41) is 15.2. The van der Waals surface area contributed by atoms with E-state index < -0.39 is 0 Å². The van der Waals surface area contributed by atoms with Crippen LogP contribution < -0.4 is 10.6 Å². The average molecular weight is 614 g/mol. The Balaban J connectivity index is 1.12. The van der Waals surface area contributed by atoms with E-state index in [4.69, 9.17) is 14.7 Å². The number of thiophene rings is 1. The van der Waals surface area contributed by atoms with E-state index in [2.05, 4.69) is 114 Å². The number of nitrogens with one attached hydrogen (secondary N) is 2. The number of hydrogen-bond donors (Lipinski definition) is 2. The van der Waals surface area contributed by atoms with Crippen molar-refractivity contribution in [2.24, 2.45) is 0 Å². The van der Waals surface area contributed by atoms with E-state index in [1.54, 1.807) is 0 Å². The first-order valence-electron chi connectivity index (χ1n) is 15.5. The zero-order chi connectivity index (χ0) is 30.5. The molecule has 0 bridgehead atoms. The van der Waals surface area contributed by atoms with Gasteiger partial charge < -0.3 is 20.4 Å². The molecular formula is C40H29N4OS-. The second kappa shape index (κ2) is 11.4. The predicted molar refractivity (Wildman–Crippen MR) is 189 cm³/mol. The summed E-state index contributed by atoms with van der Waals surface area (Å²) in [6.07, 6.45) is -0.350. The van der Waals surface area contributed by atoms with Crippen LogP contribution in [0.5, 0.6) is 0 Å². The Bertz CT molecular complexity index is 2270. The first kappa shape index (κ1) is 27.2. The highest BCUT2D eigenvalue weighted by molar-refractivity contribution is 7.26. The number of benzene rings is 6. The quantitative estimate of drug-likeness (QED) is 0.203. The van der Waals surface area contributed by atoms with E-state index in [1.807, 2.05) is 53.8 Å². The lowest BCUT2D eigenvalue weighted by Gasteiger charge is -2.50. The van der Waals surface area contributed by atoms with E-state index in [0.717, 1.165) is 38.9 Å². The molecule has 222 valence electrons. The third-order valence-corrected chi connectivity index (χ3v) is 9.96.